The van der Waals surface area contributed by atoms with E-state index in [0.29, 0.717) is 24.2 Å². The van der Waals surface area contributed by atoms with Crippen molar-refractivity contribution in [1.82, 2.24) is 0 Å². The van der Waals surface area contributed by atoms with Crippen LogP contribution in [0.3, 0.4) is 0 Å². The number of rotatable bonds is 4. The van der Waals surface area contributed by atoms with Gasteiger partial charge in [0.15, 0.2) is 4.90 Å². The Balaban J connectivity index is 2.01. The molecule has 26 heavy (non-hydrogen) atoms. The van der Waals surface area contributed by atoms with E-state index in [-0.39, 0.29) is 11.4 Å². The summed E-state index contributed by atoms with van der Waals surface area (Å²) in [6.07, 6.45) is 0.470. The second-order valence-corrected chi connectivity index (χ2v) is 9.53. The SMILES string of the molecule is Cc1ccc(N2CCCS2(=O)=O)cc1NS(=O)(=O)c1c(F)cccc1F. The van der Waals surface area contributed by atoms with Crippen molar-refractivity contribution in [3.05, 3.63) is 53.6 Å². The zero-order chi connectivity index (χ0) is 19.1. The maximum atomic E-state index is 13.8. The molecular weight excluding hydrogens is 386 g/mol. The Hall–Kier alpha value is -2.20. The van der Waals surface area contributed by atoms with Crippen LogP contribution in [-0.2, 0) is 20.0 Å². The molecule has 1 fully saturated rings. The summed E-state index contributed by atoms with van der Waals surface area (Å²) in [7, 11) is -7.98. The van der Waals surface area contributed by atoms with Crippen LogP contribution in [0.5, 0.6) is 0 Å². The fourth-order valence-electron chi connectivity index (χ4n) is 2.74. The highest BCUT2D eigenvalue weighted by molar-refractivity contribution is 7.93. The van der Waals surface area contributed by atoms with Crippen LogP contribution in [-0.4, -0.2) is 29.1 Å². The molecule has 0 spiro atoms. The molecular formula is C16H16F2N2O4S2. The van der Waals surface area contributed by atoms with E-state index >= 15 is 0 Å². The summed E-state index contributed by atoms with van der Waals surface area (Å²) in [5.41, 5.74) is 0.817. The smallest absolute Gasteiger partial charge is 0.267 e. The fourth-order valence-corrected chi connectivity index (χ4v) is 5.56. The van der Waals surface area contributed by atoms with Crippen molar-refractivity contribution in [1.29, 1.82) is 0 Å². The molecule has 0 amide bonds. The third-order valence-corrected chi connectivity index (χ3v) is 7.33. The molecule has 0 radical (unpaired) electrons. The standard InChI is InChI=1S/C16H16F2N2O4S2/c1-11-6-7-12(20-8-3-9-25(20,21)22)10-15(11)19-26(23,24)16-13(17)4-2-5-14(16)18/h2,4-7,10,19H,3,8-9H2,1H3. The lowest BCUT2D eigenvalue weighted by Crippen LogP contribution is -2.25. The second kappa shape index (κ2) is 6.51. The minimum Gasteiger partial charge on any atom is -0.279 e. The molecule has 140 valence electrons. The summed E-state index contributed by atoms with van der Waals surface area (Å²) in [5, 5.41) is 0. The number of sulfonamides is 2. The zero-order valence-corrected chi connectivity index (χ0v) is 15.4. The summed E-state index contributed by atoms with van der Waals surface area (Å²) in [6, 6.07) is 7.19. The van der Waals surface area contributed by atoms with Crippen molar-refractivity contribution in [3.8, 4) is 0 Å². The van der Waals surface area contributed by atoms with Gasteiger partial charge in [0, 0.05) is 6.54 Å². The van der Waals surface area contributed by atoms with Crippen LogP contribution in [0, 0.1) is 18.6 Å². The van der Waals surface area contributed by atoms with Crippen molar-refractivity contribution < 1.29 is 25.6 Å². The van der Waals surface area contributed by atoms with Gasteiger partial charge in [-0.1, -0.05) is 12.1 Å². The molecule has 1 aliphatic heterocycles. The predicted octanol–water partition coefficient (Wildman–Crippen LogP) is 2.61. The van der Waals surface area contributed by atoms with Gasteiger partial charge in [0.2, 0.25) is 10.0 Å². The molecule has 10 heteroatoms. The largest absolute Gasteiger partial charge is 0.279 e. The lowest BCUT2D eigenvalue weighted by Gasteiger charge is -2.19. The van der Waals surface area contributed by atoms with Crippen LogP contribution >= 0.6 is 0 Å². The molecule has 2 aromatic carbocycles. The topological polar surface area (TPSA) is 83.6 Å². The molecule has 2 aromatic rings. The Morgan fingerprint density at radius 3 is 2.35 bits per heavy atom. The highest BCUT2D eigenvalue weighted by Crippen LogP contribution is 2.30. The van der Waals surface area contributed by atoms with Gasteiger partial charge in [-0.05, 0) is 43.2 Å². The Labute approximate surface area is 150 Å². The van der Waals surface area contributed by atoms with E-state index in [9.17, 15) is 25.6 Å². The Kier molecular flexibility index (Phi) is 4.65. The Morgan fingerprint density at radius 1 is 1.12 bits per heavy atom. The summed E-state index contributed by atoms with van der Waals surface area (Å²) >= 11 is 0. The summed E-state index contributed by atoms with van der Waals surface area (Å²) in [4.78, 5) is -1.08. The van der Waals surface area contributed by atoms with E-state index in [1.165, 1.54) is 10.4 Å². The highest BCUT2D eigenvalue weighted by Gasteiger charge is 2.29. The molecule has 1 N–H and O–H groups in total. The fraction of sp³-hybridized carbons (Fsp3) is 0.250. The maximum Gasteiger partial charge on any atom is 0.267 e. The third kappa shape index (κ3) is 3.38. The number of aryl methyl sites for hydroxylation is 1. The van der Waals surface area contributed by atoms with Crippen LogP contribution in [0.4, 0.5) is 20.2 Å². The van der Waals surface area contributed by atoms with E-state index in [1.54, 1.807) is 19.1 Å². The first-order valence-electron chi connectivity index (χ1n) is 7.70. The van der Waals surface area contributed by atoms with Gasteiger partial charge >= 0.3 is 0 Å². The van der Waals surface area contributed by atoms with Crippen LogP contribution in [0.15, 0.2) is 41.3 Å². The monoisotopic (exact) mass is 402 g/mol. The Morgan fingerprint density at radius 2 is 1.77 bits per heavy atom. The van der Waals surface area contributed by atoms with Gasteiger partial charge in [-0.3, -0.25) is 9.03 Å². The molecule has 0 bridgehead atoms. The minimum absolute atomic E-state index is 0.0162. The lowest BCUT2D eigenvalue weighted by atomic mass is 10.2. The average Bonchev–Trinajstić information content (AvgIpc) is 2.88. The maximum absolute atomic E-state index is 13.8. The van der Waals surface area contributed by atoms with Gasteiger partial charge in [0.1, 0.15) is 11.6 Å². The molecule has 0 unspecified atom stereocenters. The van der Waals surface area contributed by atoms with Crippen LogP contribution < -0.4 is 9.03 Å². The van der Waals surface area contributed by atoms with Gasteiger partial charge in [0.05, 0.1) is 17.1 Å². The molecule has 6 nitrogen and oxygen atoms in total. The van der Waals surface area contributed by atoms with E-state index in [4.69, 9.17) is 0 Å². The summed E-state index contributed by atoms with van der Waals surface area (Å²) < 4.78 is 79.9. The molecule has 0 saturated carbocycles. The highest BCUT2D eigenvalue weighted by atomic mass is 32.2. The van der Waals surface area contributed by atoms with Crippen molar-refractivity contribution in [3.63, 3.8) is 0 Å². The molecule has 1 saturated heterocycles. The van der Waals surface area contributed by atoms with Gasteiger partial charge in [-0.15, -0.1) is 0 Å². The molecule has 3 rings (SSSR count). The number of hydrogen-bond acceptors (Lipinski definition) is 4. The normalized spacial score (nSPS) is 16.7. The van der Waals surface area contributed by atoms with E-state index < -0.39 is 36.6 Å². The van der Waals surface area contributed by atoms with E-state index in [1.807, 2.05) is 0 Å². The molecule has 0 aliphatic carbocycles. The van der Waals surface area contributed by atoms with Gasteiger partial charge < -0.3 is 0 Å². The lowest BCUT2D eigenvalue weighted by molar-refractivity contribution is 0.521. The van der Waals surface area contributed by atoms with E-state index in [0.717, 1.165) is 18.2 Å². The van der Waals surface area contributed by atoms with E-state index in [2.05, 4.69) is 4.72 Å². The number of anilines is 2. The molecule has 0 atom stereocenters. The number of halogens is 2. The first kappa shape index (κ1) is 18.6. The third-order valence-electron chi connectivity index (χ3n) is 4.04. The quantitative estimate of drug-likeness (QED) is 0.852. The average molecular weight is 402 g/mol. The molecule has 0 aromatic heterocycles. The molecule has 1 heterocycles. The van der Waals surface area contributed by atoms with Gasteiger partial charge in [0.25, 0.3) is 10.0 Å². The van der Waals surface area contributed by atoms with Crippen molar-refractivity contribution in [2.75, 3.05) is 21.3 Å². The van der Waals surface area contributed by atoms with Crippen LogP contribution in [0.2, 0.25) is 0 Å². The first-order chi connectivity index (χ1) is 12.1. The zero-order valence-electron chi connectivity index (χ0n) is 13.7. The minimum atomic E-state index is -4.53. The van der Waals surface area contributed by atoms with Crippen molar-refractivity contribution >= 4 is 31.4 Å². The van der Waals surface area contributed by atoms with Gasteiger partial charge in [-0.25, -0.2) is 25.6 Å². The van der Waals surface area contributed by atoms with Gasteiger partial charge in [-0.2, -0.15) is 0 Å². The number of nitrogens with zero attached hydrogens (tertiary/aromatic N) is 1. The predicted molar refractivity (Wildman–Crippen MR) is 94.1 cm³/mol. The second-order valence-electron chi connectivity index (χ2n) is 5.90. The van der Waals surface area contributed by atoms with Crippen molar-refractivity contribution in [2.45, 2.75) is 18.2 Å². The number of nitrogens with one attached hydrogen (secondary N) is 1. The Bertz CT molecular complexity index is 1050. The van der Waals surface area contributed by atoms with Crippen molar-refractivity contribution in [2.24, 2.45) is 0 Å². The first-order valence-corrected chi connectivity index (χ1v) is 10.8. The molecule has 1 aliphatic rings. The summed E-state index contributed by atoms with van der Waals surface area (Å²) in [6.45, 7) is 1.89. The number of benzene rings is 2. The number of hydrogen-bond donors (Lipinski definition) is 1. The van der Waals surface area contributed by atoms with Crippen LogP contribution in [0.1, 0.15) is 12.0 Å². The summed E-state index contributed by atoms with van der Waals surface area (Å²) in [5.74, 6) is -2.41. The van der Waals surface area contributed by atoms with Crippen LogP contribution in [0.25, 0.3) is 0 Å².